The highest BCUT2D eigenvalue weighted by Gasteiger charge is 2.23. The van der Waals surface area contributed by atoms with Crippen LogP contribution in [0.3, 0.4) is 0 Å². The summed E-state index contributed by atoms with van der Waals surface area (Å²) in [7, 11) is 0. The molecule has 1 aromatic carbocycles. The van der Waals surface area contributed by atoms with Gasteiger partial charge < -0.3 is 5.73 Å². The highest BCUT2D eigenvalue weighted by atomic mass is 127. The lowest BCUT2D eigenvalue weighted by Gasteiger charge is -2.24. The predicted molar refractivity (Wildman–Crippen MR) is 71.7 cm³/mol. The van der Waals surface area contributed by atoms with Gasteiger partial charge in [0.2, 0.25) is 0 Å². The molecule has 82 valence electrons. The summed E-state index contributed by atoms with van der Waals surface area (Å²) in [6.07, 6.45) is 1.13. The Bertz CT molecular complexity index is 323. The van der Waals surface area contributed by atoms with Gasteiger partial charge in [-0.2, -0.15) is 0 Å². The summed E-state index contributed by atoms with van der Waals surface area (Å²) < 4.78 is 1.29. The first kappa shape index (κ1) is 11.4. The highest BCUT2D eigenvalue weighted by molar-refractivity contribution is 14.1. The Hall–Kier alpha value is -0.130. The second-order valence-corrected chi connectivity index (χ2v) is 5.52. The Morgan fingerprint density at radius 2 is 2.07 bits per heavy atom. The Morgan fingerprint density at radius 3 is 2.60 bits per heavy atom. The Labute approximate surface area is 105 Å². The van der Waals surface area contributed by atoms with Crippen LogP contribution in [0.4, 0.5) is 0 Å². The molecule has 15 heavy (non-hydrogen) atoms. The van der Waals surface area contributed by atoms with Gasteiger partial charge in [0.05, 0.1) is 0 Å². The van der Waals surface area contributed by atoms with Crippen LogP contribution in [-0.4, -0.2) is 24.0 Å². The number of hydrogen-bond acceptors (Lipinski definition) is 2. The maximum Gasteiger partial charge on any atom is 0.0320 e. The lowest BCUT2D eigenvalue weighted by molar-refractivity contribution is 0.260. The van der Waals surface area contributed by atoms with E-state index in [1.54, 1.807) is 0 Å². The molecule has 1 aromatic rings. The summed E-state index contributed by atoms with van der Waals surface area (Å²) in [5.74, 6) is 0. The fraction of sp³-hybridized carbons (Fsp3) is 0.500. The second-order valence-electron chi connectivity index (χ2n) is 4.27. The van der Waals surface area contributed by atoms with E-state index in [2.05, 4.69) is 58.7 Å². The van der Waals surface area contributed by atoms with E-state index >= 15 is 0 Å². The predicted octanol–water partition coefficient (Wildman–Crippen LogP) is 2.39. The van der Waals surface area contributed by atoms with E-state index < -0.39 is 0 Å². The smallest absolute Gasteiger partial charge is 0.0320 e. The van der Waals surface area contributed by atoms with Crippen LogP contribution in [0.15, 0.2) is 24.3 Å². The molecule has 2 N–H and O–H groups in total. The Balaban J connectivity index is 2.07. The van der Waals surface area contributed by atoms with Crippen molar-refractivity contribution in [2.45, 2.75) is 25.4 Å². The summed E-state index contributed by atoms with van der Waals surface area (Å²) in [6.45, 7) is 4.43. The van der Waals surface area contributed by atoms with Gasteiger partial charge in [0.25, 0.3) is 0 Å². The minimum Gasteiger partial charge on any atom is -0.326 e. The lowest BCUT2D eigenvalue weighted by atomic mass is 10.1. The van der Waals surface area contributed by atoms with E-state index in [9.17, 15) is 0 Å². The number of nitrogens with zero attached hydrogens (tertiary/aromatic N) is 1. The third kappa shape index (κ3) is 2.71. The van der Waals surface area contributed by atoms with Gasteiger partial charge in [-0.25, -0.2) is 0 Å². The van der Waals surface area contributed by atoms with Gasteiger partial charge in [0.15, 0.2) is 0 Å². The van der Waals surface area contributed by atoms with Gasteiger partial charge in [-0.1, -0.05) is 12.1 Å². The molecule has 2 atom stereocenters. The number of hydrogen-bond donors (Lipinski definition) is 1. The van der Waals surface area contributed by atoms with Crippen molar-refractivity contribution in [1.29, 1.82) is 0 Å². The normalized spacial score (nSPS) is 24.3. The van der Waals surface area contributed by atoms with Crippen molar-refractivity contribution in [3.8, 4) is 0 Å². The van der Waals surface area contributed by atoms with Crippen molar-refractivity contribution < 1.29 is 0 Å². The molecule has 2 nitrogen and oxygen atoms in total. The fourth-order valence-electron chi connectivity index (χ4n) is 2.12. The zero-order valence-corrected chi connectivity index (χ0v) is 11.1. The average Bonchev–Trinajstić information content (AvgIpc) is 2.65. The van der Waals surface area contributed by atoms with E-state index in [-0.39, 0.29) is 0 Å². The first-order chi connectivity index (χ1) is 7.16. The van der Waals surface area contributed by atoms with Gasteiger partial charge in [0, 0.05) is 28.7 Å². The van der Waals surface area contributed by atoms with Crippen molar-refractivity contribution in [3.05, 3.63) is 33.4 Å². The van der Waals surface area contributed by atoms with Crippen molar-refractivity contribution in [2.24, 2.45) is 5.73 Å². The summed E-state index contributed by atoms with van der Waals surface area (Å²) >= 11 is 2.34. The van der Waals surface area contributed by atoms with Crippen LogP contribution in [-0.2, 0) is 0 Å². The minimum absolute atomic E-state index is 0.372. The minimum atomic E-state index is 0.372. The topological polar surface area (TPSA) is 29.3 Å². The van der Waals surface area contributed by atoms with Gasteiger partial charge in [-0.05, 0) is 53.6 Å². The molecule has 3 heteroatoms. The van der Waals surface area contributed by atoms with Crippen molar-refractivity contribution in [3.63, 3.8) is 0 Å². The van der Waals surface area contributed by atoms with E-state index in [1.807, 2.05) is 0 Å². The number of halogens is 1. The molecule has 1 aliphatic rings. The number of rotatable bonds is 2. The molecule has 0 saturated carbocycles. The van der Waals surface area contributed by atoms with E-state index in [0.29, 0.717) is 12.1 Å². The van der Waals surface area contributed by atoms with E-state index in [1.165, 1.54) is 9.13 Å². The van der Waals surface area contributed by atoms with Crippen LogP contribution in [0.1, 0.15) is 24.9 Å². The third-order valence-electron chi connectivity index (χ3n) is 3.16. The summed E-state index contributed by atoms with van der Waals surface area (Å²) in [4.78, 5) is 2.47. The van der Waals surface area contributed by atoms with Crippen molar-refractivity contribution >= 4 is 22.6 Å². The van der Waals surface area contributed by atoms with Crippen LogP contribution in [0, 0.1) is 3.57 Å². The highest BCUT2D eigenvalue weighted by Crippen LogP contribution is 2.24. The SMILES string of the molecule is CC(c1ccc(I)cc1)N1CCC(N)C1. The Morgan fingerprint density at radius 1 is 1.40 bits per heavy atom. The molecule has 0 amide bonds. The van der Waals surface area contributed by atoms with Crippen LogP contribution in [0.5, 0.6) is 0 Å². The molecule has 2 rings (SSSR count). The molecule has 1 fully saturated rings. The Kier molecular flexibility index (Phi) is 3.64. The number of nitrogens with two attached hydrogens (primary N) is 1. The maximum atomic E-state index is 5.92. The quantitative estimate of drug-likeness (QED) is 0.849. The standard InChI is InChI=1S/C12H17IN2/c1-9(15-7-6-12(14)8-15)10-2-4-11(13)5-3-10/h2-5,9,12H,6-8,14H2,1H3. The monoisotopic (exact) mass is 316 g/mol. The van der Waals surface area contributed by atoms with Crippen molar-refractivity contribution in [1.82, 2.24) is 4.90 Å². The van der Waals surface area contributed by atoms with Gasteiger partial charge >= 0.3 is 0 Å². The first-order valence-corrected chi connectivity index (χ1v) is 6.50. The molecule has 0 bridgehead atoms. The lowest BCUT2D eigenvalue weighted by Crippen LogP contribution is -2.28. The van der Waals surface area contributed by atoms with Crippen LogP contribution < -0.4 is 5.73 Å². The number of likely N-dealkylation sites (tertiary alicyclic amines) is 1. The zero-order chi connectivity index (χ0) is 10.8. The zero-order valence-electron chi connectivity index (χ0n) is 8.99. The molecule has 0 aromatic heterocycles. The first-order valence-electron chi connectivity index (χ1n) is 5.42. The molecule has 1 aliphatic heterocycles. The van der Waals surface area contributed by atoms with E-state index in [0.717, 1.165) is 19.5 Å². The molecule has 0 aliphatic carbocycles. The molecule has 0 spiro atoms. The van der Waals surface area contributed by atoms with Crippen LogP contribution in [0.2, 0.25) is 0 Å². The van der Waals surface area contributed by atoms with Gasteiger partial charge in [0.1, 0.15) is 0 Å². The maximum absolute atomic E-state index is 5.92. The molecule has 1 heterocycles. The van der Waals surface area contributed by atoms with Gasteiger partial charge in [-0.15, -0.1) is 0 Å². The van der Waals surface area contributed by atoms with Crippen LogP contribution in [0.25, 0.3) is 0 Å². The van der Waals surface area contributed by atoms with Crippen LogP contribution >= 0.6 is 22.6 Å². The largest absolute Gasteiger partial charge is 0.326 e. The summed E-state index contributed by atoms with van der Waals surface area (Å²) in [5.41, 5.74) is 7.32. The third-order valence-corrected chi connectivity index (χ3v) is 3.88. The molecule has 2 unspecified atom stereocenters. The average molecular weight is 316 g/mol. The van der Waals surface area contributed by atoms with Gasteiger partial charge in [-0.3, -0.25) is 4.90 Å². The van der Waals surface area contributed by atoms with E-state index in [4.69, 9.17) is 5.73 Å². The number of benzene rings is 1. The summed E-state index contributed by atoms with van der Waals surface area (Å²) in [5, 5.41) is 0. The van der Waals surface area contributed by atoms with Crippen molar-refractivity contribution in [2.75, 3.05) is 13.1 Å². The fourth-order valence-corrected chi connectivity index (χ4v) is 2.48. The molecule has 1 saturated heterocycles. The molecular formula is C12H17IN2. The molecule has 0 radical (unpaired) electrons. The molecular weight excluding hydrogens is 299 g/mol. The second kappa shape index (κ2) is 4.80. The summed E-state index contributed by atoms with van der Waals surface area (Å²) in [6, 6.07) is 9.64.